The number of aromatic nitrogens is 2. The Balaban J connectivity index is 1.73. The number of hydrogen-bond donors (Lipinski definition) is 1. The SMILES string of the molecule is OC(Cc1cn2ccsc2n1)C1CCCCC1C(F)(F)F. The van der Waals surface area contributed by atoms with E-state index in [2.05, 4.69) is 4.98 Å². The zero-order valence-corrected chi connectivity index (χ0v) is 12.2. The van der Waals surface area contributed by atoms with E-state index in [0.717, 1.165) is 11.4 Å². The van der Waals surface area contributed by atoms with E-state index in [1.807, 2.05) is 16.0 Å². The fourth-order valence-corrected chi connectivity index (χ4v) is 3.99. The summed E-state index contributed by atoms with van der Waals surface area (Å²) >= 11 is 1.47. The van der Waals surface area contributed by atoms with Gasteiger partial charge in [0.25, 0.3) is 0 Å². The number of imidazole rings is 1. The summed E-state index contributed by atoms with van der Waals surface area (Å²) in [5, 5.41) is 12.2. The highest BCUT2D eigenvalue weighted by Crippen LogP contribution is 2.43. The van der Waals surface area contributed by atoms with Crippen LogP contribution in [0.5, 0.6) is 0 Å². The zero-order chi connectivity index (χ0) is 15.0. The Hall–Kier alpha value is -1.08. The maximum Gasteiger partial charge on any atom is 0.392 e. The van der Waals surface area contributed by atoms with Gasteiger partial charge in [0.15, 0.2) is 4.96 Å². The lowest BCUT2D eigenvalue weighted by molar-refractivity contribution is -0.206. The monoisotopic (exact) mass is 318 g/mol. The van der Waals surface area contributed by atoms with E-state index in [-0.39, 0.29) is 12.8 Å². The van der Waals surface area contributed by atoms with E-state index < -0.39 is 24.1 Å². The fourth-order valence-electron chi connectivity index (χ4n) is 3.27. The molecule has 1 N–H and O–H groups in total. The maximum atomic E-state index is 13.1. The Bertz CT molecular complexity index is 578. The summed E-state index contributed by atoms with van der Waals surface area (Å²) < 4.78 is 41.1. The van der Waals surface area contributed by atoms with Crippen molar-refractivity contribution >= 4 is 16.3 Å². The van der Waals surface area contributed by atoms with Gasteiger partial charge in [-0.3, -0.25) is 4.40 Å². The summed E-state index contributed by atoms with van der Waals surface area (Å²) in [7, 11) is 0. The molecule has 3 nitrogen and oxygen atoms in total. The van der Waals surface area contributed by atoms with Gasteiger partial charge in [-0.2, -0.15) is 13.2 Å². The molecule has 1 aliphatic rings. The predicted octanol–water partition coefficient (Wildman–Crippen LogP) is 3.67. The molecular formula is C14H17F3N2OS. The molecule has 2 heterocycles. The molecule has 0 bridgehead atoms. The fraction of sp³-hybridized carbons (Fsp3) is 0.643. The molecule has 2 aromatic rings. The lowest BCUT2D eigenvalue weighted by atomic mass is 9.75. The first-order valence-electron chi connectivity index (χ1n) is 7.11. The molecule has 116 valence electrons. The largest absolute Gasteiger partial charge is 0.392 e. The molecule has 3 unspecified atom stereocenters. The van der Waals surface area contributed by atoms with Gasteiger partial charge in [0.05, 0.1) is 17.7 Å². The van der Waals surface area contributed by atoms with Gasteiger partial charge >= 0.3 is 6.18 Å². The van der Waals surface area contributed by atoms with Crippen molar-refractivity contribution in [3.8, 4) is 0 Å². The van der Waals surface area contributed by atoms with Crippen molar-refractivity contribution in [3.63, 3.8) is 0 Å². The van der Waals surface area contributed by atoms with Gasteiger partial charge in [0.2, 0.25) is 0 Å². The van der Waals surface area contributed by atoms with Crippen LogP contribution in [0.4, 0.5) is 13.2 Å². The van der Waals surface area contributed by atoms with Crippen molar-refractivity contribution in [1.82, 2.24) is 9.38 Å². The van der Waals surface area contributed by atoms with Gasteiger partial charge < -0.3 is 5.11 Å². The molecule has 1 fully saturated rings. The summed E-state index contributed by atoms with van der Waals surface area (Å²) in [6.07, 6.45) is 0.521. The second-order valence-corrected chi connectivity index (χ2v) is 6.57. The Morgan fingerprint density at radius 1 is 1.38 bits per heavy atom. The van der Waals surface area contributed by atoms with Gasteiger partial charge in [-0.15, -0.1) is 11.3 Å². The molecule has 0 radical (unpaired) electrons. The molecule has 21 heavy (non-hydrogen) atoms. The smallest absolute Gasteiger partial charge is 0.392 e. The molecular weight excluding hydrogens is 301 g/mol. The third-order valence-electron chi connectivity index (χ3n) is 4.30. The van der Waals surface area contributed by atoms with Crippen molar-refractivity contribution in [2.45, 2.75) is 44.4 Å². The topological polar surface area (TPSA) is 37.5 Å². The van der Waals surface area contributed by atoms with Gasteiger partial charge in [-0.1, -0.05) is 12.8 Å². The highest BCUT2D eigenvalue weighted by molar-refractivity contribution is 7.15. The highest BCUT2D eigenvalue weighted by atomic mass is 32.1. The molecule has 1 aliphatic carbocycles. The third-order valence-corrected chi connectivity index (χ3v) is 5.07. The third kappa shape index (κ3) is 3.08. The molecule has 0 spiro atoms. The van der Waals surface area contributed by atoms with E-state index in [1.165, 1.54) is 11.3 Å². The molecule has 2 aromatic heterocycles. The standard InChI is InChI=1S/C14H17F3N2OS/c15-14(16,17)11-4-2-1-3-10(11)12(20)7-9-8-19-5-6-21-13(19)18-9/h5-6,8,10-12,20H,1-4,7H2. The number of fused-ring (bicyclic) bond motifs is 1. The molecule has 1 saturated carbocycles. The van der Waals surface area contributed by atoms with Crippen LogP contribution in [0.3, 0.4) is 0 Å². The van der Waals surface area contributed by atoms with Crippen LogP contribution < -0.4 is 0 Å². The average Bonchev–Trinajstić information content (AvgIpc) is 2.98. The van der Waals surface area contributed by atoms with Crippen LogP contribution in [0.25, 0.3) is 4.96 Å². The van der Waals surface area contributed by atoms with Gasteiger partial charge in [0, 0.05) is 24.2 Å². The lowest BCUT2D eigenvalue weighted by Crippen LogP contribution is -2.40. The van der Waals surface area contributed by atoms with Crippen molar-refractivity contribution in [3.05, 3.63) is 23.5 Å². The van der Waals surface area contributed by atoms with Crippen molar-refractivity contribution < 1.29 is 18.3 Å². The van der Waals surface area contributed by atoms with E-state index in [4.69, 9.17) is 0 Å². The van der Waals surface area contributed by atoms with E-state index in [0.29, 0.717) is 18.5 Å². The van der Waals surface area contributed by atoms with Crippen molar-refractivity contribution in [1.29, 1.82) is 0 Å². The number of alkyl halides is 3. The van der Waals surface area contributed by atoms with Gasteiger partial charge in [0.1, 0.15) is 0 Å². The van der Waals surface area contributed by atoms with Crippen LogP contribution in [0.1, 0.15) is 31.4 Å². The molecule has 3 rings (SSSR count). The number of aliphatic hydroxyl groups excluding tert-OH is 1. The normalized spacial score (nSPS) is 25.3. The molecule has 3 atom stereocenters. The van der Waals surface area contributed by atoms with Gasteiger partial charge in [-0.25, -0.2) is 4.98 Å². The van der Waals surface area contributed by atoms with Crippen LogP contribution in [0.15, 0.2) is 17.8 Å². The van der Waals surface area contributed by atoms with Crippen LogP contribution >= 0.6 is 11.3 Å². The zero-order valence-electron chi connectivity index (χ0n) is 11.4. The molecule has 0 aromatic carbocycles. The Kier molecular flexibility index (Phi) is 3.96. The first-order valence-corrected chi connectivity index (χ1v) is 7.99. The summed E-state index contributed by atoms with van der Waals surface area (Å²) in [5.41, 5.74) is 0.654. The summed E-state index contributed by atoms with van der Waals surface area (Å²) in [6, 6.07) is 0. The van der Waals surface area contributed by atoms with Crippen LogP contribution in [-0.2, 0) is 6.42 Å². The van der Waals surface area contributed by atoms with Crippen LogP contribution in [0, 0.1) is 11.8 Å². The van der Waals surface area contributed by atoms with Gasteiger partial charge in [-0.05, 0) is 18.8 Å². The first kappa shape index (κ1) is 14.8. The maximum absolute atomic E-state index is 13.1. The van der Waals surface area contributed by atoms with E-state index >= 15 is 0 Å². The second kappa shape index (κ2) is 5.61. The Morgan fingerprint density at radius 2 is 2.14 bits per heavy atom. The predicted molar refractivity (Wildman–Crippen MR) is 74.3 cm³/mol. The molecule has 7 heteroatoms. The number of nitrogens with zero attached hydrogens (tertiary/aromatic N) is 2. The molecule has 0 aliphatic heterocycles. The number of hydrogen-bond acceptors (Lipinski definition) is 3. The summed E-state index contributed by atoms with van der Waals surface area (Å²) in [4.78, 5) is 5.13. The van der Waals surface area contributed by atoms with Crippen molar-refractivity contribution in [2.24, 2.45) is 11.8 Å². The number of thiazole rings is 1. The Morgan fingerprint density at radius 3 is 2.86 bits per heavy atom. The summed E-state index contributed by atoms with van der Waals surface area (Å²) in [5.74, 6) is -2.09. The number of halogens is 3. The lowest BCUT2D eigenvalue weighted by Gasteiger charge is -2.35. The highest BCUT2D eigenvalue weighted by Gasteiger charge is 2.47. The second-order valence-electron chi connectivity index (χ2n) is 5.69. The van der Waals surface area contributed by atoms with Crippen LogP contribution in [0.2, 0.25) is 0 Å². The van der Waals surface area contributed by atoms with E-state index in [1.54, 1.807) is 6.20 Å². The Labute approximate surface area is 124 Å². The number of rotatable bonds is 3. The van der Waals surface area contributed by atoms with Crippen molar-refractivity contribution in [2.75, 3.05) is 0 Å². The quantitative estimate of drug-likeness (QED) is 0.937. The number of aliphatic hydroxyl groups is 1. The minimum absolute atomic E-state index is 0.128. The average molecular weight is 318 g/mol. The first-order chi connectivity index (χ1) is 9.95. The minimum atomic E-state index is -4.22. The summed E-state index contributed by atoms with van der Waals surface area (Å²) in [6.45, 7) is 0. The molecule has 0 amide bonds. The molecule has 0 saturated heterocycles. The minimum Gasteiger partial charge on any atom is -0.392 e. The van der Waals surface area contributed by atoms with Crippen LogP contribution in [-0.4, -0.2) is 26.8 Å². The van der Waals surface area contributed by atoms with E-state index in [9.17, 15) is 18.3 Å².